The Kier molecular flexibility index (Phi) is 6.61. The summed E-state index contributed by atoms with van der Waals surface area (Å²) in [5.74, 6) is 0.865. The number of para-hydroxylation sites is 2. The van der Waals surface area contributed by atoms with E-state index >= 15 is 0 Å². The van der Waals surface area contributed by atoms with Crippen molar-refractivity contribution in [1.29, 1.82) is 0 Å². The molecule has 1 unspecified atom stereocenters. The zero-order chi connectivity index (χ0) is 28.1. The van der Waals surface area contributed by atoms with E-state index in [0.29, 0.717) is 6.42 Å². The van der Waals surface area contributed by atoms with Crippen molar-refractivity contribution in [2.24, 2.45) is 10.8 Å². The van der Waals surface area contributed by atoms with Gasteiger partial charge in [-0.3, -0.25) is 14.9 Å². The highest BCUT2D eigenvalue weighted by Crippen LogP contribution is 2.44. The number of nitro groups is 1. The molecule has 1 saturated heterocycles. The third-order valence-corrected chi connectivity index (χ3v) is 7.57. The molecule has 1 aliphatic heterocycles. The zero-order valence-corrected chi connectivity index (χ0v) is 23.6. The van der Waals surface area contributed by atoms with Crippen LogP contribution in [0.4, 0.5) is 5.69 Å². The second kappa shape index (κ2) is 9.67. The van der Waals surface area contributed by atoms with Crippen molar-refractivity contribution in [2.75, 3.05) is 6.54 Å². The first kappa shape index (κ1) is 26.7. The molecule has 0 saturated carbocycles. The number of allylic oxidation sites excluding steroid dienone is 5. The van der Waals surface area contributed by atoms with Crippen LogP contribution in [-0.2, 0) is 11.2 Å². The summed E-state index contributed by atoms with van der Waals surface area (Å²) in [6, 6.07) is 17.2. The lowest BCUT2D eigenvalue weighted by Gasteiger charge is -2.32. The SMILES string of the molecule is CC(C)(C)C1=CC(=C(c2cc3ccccc3o2)N2CC2CCc2ccccc2[N+](=O)[O-])C=C(C(C)(C)C)C1=O. The van der Waals surface area contributed by atoms with Crippen LogP contribution in [0, 0.1) is 20.9 Å². The van der Waals surface area contributed by atoms with Gasteiger partial charge in [0.15, 0.2) is 11.5 Å². The highest BCUT2D eigenvalue weighted by atomic mass is 16.6. The maximum absolute atomic E-state index is 13.6. The fourth-order valence-electron chi connectivity index (χ4n) is 5.35. The number of ketones is 1. The van der Waals surface area contributed by atoms with Crippen molar-refractivity contribution in [1.82, 2.24) is 4.90 Å². The van der Waals surface area contributed by atoms with E-state index in [1.807, 2.05) is 48.6 Å². The van der Waals surface area contributed by atoms with Gasteiger partial charge in [-0.1, -0.05) is 77.9 Å². The van der Waals surface area contributed by atoms with Crippen molar-refractivity contribution in [3.8, 4) is 0 Å². The molecule has 0 radical (unpaired) electrons. The standard InChI is InChI=1S/C33H36N2O4/c1-32(2,3)25-17-23(18-26(31(25)36)33(4,5)6)30(29-19-22-12-8-10-14-28(22)39-29)34-20-24(34)16-15-21-11-7-9-13-27(21)35(37)38/h7-14,17-19,24H,15-16,20H2,1-6H3. The first-order valence-electron chi connectivity index (χ1n) is 13.6. The average Bonchev–Trinajstić information content (AvgIpc) is 3.48. The summed E-state index contributed by atoms with van der Waals surface area (Å²) >= 11 is 0. The number of hydrogen-bond donors (Lipinski definition) is 0. The van der Waals surface area contributed by atoms with E-state index in [1.165, 1.54) is 0 Å². The van der Waals surface area contributed by atoms with Crippen LogP contribution in [0.2, 0.25) is 0 Å². The average molecular weight is 525 g/mol. The number of benzene rings is 2. The normalized spacial score (nSPS) is 17.8. The molecule has 0 bridgehead atoms. The predicted molar refractivity (Wildman–Crippen MR) is 155 cm³/mol. The molecule has 202 valence electrons. The summed E-state index contributed by atoms with van der Waals surface area (Å²) in [6.45, 7) is 13.3. The van der Waals surface area contributed by atoms with Crippen molar-refractivity contribution in [2.45, 2.75) is 60.4 Å². The minimum Gasteiger partial charge on any atom is -0.455 e. The number of carbonyl (C=O) groups is 1. The minimum absolute atomic E-state index is 0.0986. The summed E-state index contributed by atoms with van der Waals surface area (Å²) in [5, 5.41) is 12.5. The van der Waals surface area contributed by atoms with E-state index < -0.39 is 0 Å². The van der Waals surface area contributed by atoms with Crippen molar-refractivity contribution >= 4 is 28.1 Å². The van der Waals surface area contributed by atoms with Crippen LogP contribution in [0.15, 0.2) is 87.9 Å². The summed E-state index contributed by atoms with van der Waals surface area (Å²) < 4.78 is 6.38. The molecule has 2 aromatic carbocycles. The molecule has 2 heterocycles. The van der Waals surface area contributed by atoms with E-state index in [9.17, 15) is 14.9 Å². The number of hydrogen-bond acceptors (Lipinski definition) is 5. The number of nitrogens with zero attached hydrogens (tertiary/aromatic N) is 2. The second-order valence-corrected chi connectivity index (χ2v) is 12.6. The molecule has 1 atom stereocenters. The Bertz CT molecular complexity index is 1490. The Morgan fingerprint density at radius 3 is 2.21 bits per heavy atom. The molecule has 6 nitrogen and oxygen atoms in total. The van der Waals surface area contributed by atoms with Gasteiger partial charge in [0.25, 0.3) is 5.69 Å². The molecule has 3 aromatic rings. The van der Waals surface area contributed by atoms with Gasteiger partial charge in [-0.05, 0) is 48.0 Å². The van der Waals surface area contributed by atoms with E-state index in [-0.39, 0.29) is 33.3 Å². The lowest BCUT2D eigenvalue weighted by Crippen LogP contribution is -2.28. The van der Waals surface area contributed by atoms with Crippen LogP contribution in [-0.4, -0.2) is 28.2 Å². The molecular formula is C33H36N2O4. The third kappa shape index (κ3) is 5.33. The second-order valence-electron chi connectivity index (χ2n) is 12.6. The predicted octanol–water partition coefficient (Wildman–Crippen LogP) is 7.90. The number of furan rings is 1. The van der Waals surface area contributed by atoms with Gasteiger partial charge < -0.3 is 9.32 Å². The maximum atomic E-state index is 13.6. The Hall–Kier alpha value is -3.93. The molecule has 39 heavy (non-hydrogen) atoms. The Balaban J connectivity index is 1.59. The Morgan fingerprint density at radius 1 is 0.974 bits per heavy atom. The van der Waals surface area contributed by atoms with Crippen molar-refractivity contribution in [3.63, 3.8) is 0 Å². The fourth-order valence-corrected chi connectivity index (χ4v) is 5.35. The van der Waals surface area contributed by atoms with Gasteiger partial charge in [0.1, 0.15) is 5.58 Å². The summed E-state index contributed by atoms with van der Waals surface area (Å²) in [4.78, 5) is 27.1. The number of aryl methyl sites for hydroxylation is 1. The summed E-state index contributed by atoms with van der Waals surface area (Å²) in [5.41, 5.74) is 4.60. The third-order valence-electron chi connectivity index (χ3n) is 7.57. The van der Waals surface area contributed by atoms with E-state index in [0.717, 1.165) is 57.7 Å². The maximum Gasteiger partial charge on any atom is 0.272 e. The van der Waals surface area contributed by atoms with E-state index in [4.69, 9.17) is 4.42 Å². The monoisotopic (exact) mass is 524 g/mol. The molecule has 6 heteroatoms. The first-order chi connectivity index (χ1) is 18.3. The molecule has 0 amide bonds. The number of nitro benzene ring substituents is 1. The first-order valence-corrected chi connectivity index (χ1v) is 13.6. The zero-order valence-electron chi connectivity index (χ0n) is 23.6. The van der Waals surface area contributed by atoms with Crippen LogP contribution >= 0.6 is 0 Å². The lowest BCUT2D eigenvalue weighted by atomic mass is 9.71. The van der Waals surface area contributed by atoms with Crippen LogP contribution < -0.4 is 0 Å². The highest BCUT2D eigenvalue weighted by molar-refractivity contribution is 6.12. The van der Waals surface area contributed by atoms with E-state index in [2.05, 4.69) is 52.5 Å². The van der Waals surface area contributed by atoms with E-state index in [1.54, 1.807) is 12.1 Å². The smallest absolute Gasteiger partial charge is 0.272 e. The Morgan fingerprint density at radius 2 is 1.59 bits per heavy atom. The molecule has 0 spiro atoms. The van der Waals surface area contributed by atoms with Gasteiger partial charge in [-0.15, -0.1) is 0 Å². The van der Waals surface area contributed by atoms with Crippen molar-refractivity contribution in [3.05, 3.63) is 105 Å². The number of rotatable bonds is 6. The van der Waals surface area contributed by atoms with Crippen LogP contribution in [0.5, 0.6) is 0 Å². The molecular weight excluding hydrogens is 488 g/mol. The minimum atomic E-state index is -0.323. The quantitative estimate of drug-likeness (QED) is 0.186. The molecule has 1 aromatic heterocycles. The van der Waals surface area contributed by atoms with Gasteiger partial charge in [-0.25, -0.2) is 0 Å². The Labute approximate surface area is 229 Å². The highest BCUT2D eigenvalue weighted by Gasteiger charge is 2.41. The molecule has 2 aliphatic rings. The van der Waals surface area contributed by atoms with Gasteiger partial charge in [-0.2, -0.15) is 0 Å². The number of Topliss-reactive ketones (excluding diaryl/α,β-unsaturated/α-hetero) is 1. The largest absolute Gasteiger partial charge is 0.455 e. The topological polar surface area (TPSA) is 76.4 Å². The summed E-state index contributed by atoms with van der Waals surface area (Å²) in [7, 11) is 0. The summed E-state index contributed by atoms with van der Waals surface area (Å²) in [6.07, 6.45) is 5.48. The van der Waals surface area contributed by atoms with Gasteiger partial charge in [0, 0.05) is 46.3 Å². The molecule has 0 N–H and O–H groups in total. The number of fused-ring (bicyclic) bond motifs is 1. The van der Waals surface area contributed by atoms with Gasteiger partial charge >= 0.3 is 0 Å². The fraction of sp³-hybridized carbons (Fsp3) is 0.364. The van der Waals surface area contributed by atoms with Gasteiger partial charge in [0.05, 0.1) is 10.6 Å². The van der Waals surface area contributed by atoms with Crippen LogP contribution in [0.25, 0.3) is 16.7 Å². The molecule has 5 rings (SSSR count). The molecule has 1 aliphatic carbocycles. The lowest BCUT2D eigenvalue weighted by molar-refractivity contribution is -0.385. The molecule has 1 fully saturated rings. The van der Waals surface area contributed by atoms with Crippen LogP contribution in [0.1, 0.15) is 59.3 Å². The number of carbonyl (C=O) groups excluding carboxylic acids is 1. The van der Waals surface area contributed by atoms with Crippen molar-refractivity contribution < 1.29 is 14.1 Å². The van der Waals surface area contributed by atoms with Crippen LogP contribution in [0.3, 0.4) is 0 Å². The van der Waals surface area contributed by atoms with Gasteiger partial charge in [0.2, 0.25) is 0 Å².